The molecule has 9 heteroatoms. The van der Waals surface area contributed by atoms with Crippen molar-refractivity contribution in [2.24, 2.45) is 5.73 Å². The van der Waals surface area contributed by atoms with Gasteiger partial charge in [0, 0.05) is 6.07 Å². The van der Waals surface area contributed by atoms with Crippen LogP contribution in [-0.2, 0) is 9.59 Å². The molecule has 0 bridgehead atoms. The Kier molecular flexibility index (Phi) is 4.02. The summed E-state index contributed by atoms with van der Waals surface area (Å²) in [5.74, 6) is -2.44. The van der Waals surface area contributed by atoms with Crippen molar-refractivity contribution >= 4 is 17.8 Å². The molecule has 2 amide bonds. The number of carbonyl (C=O) groups is 3. The number of nitrogens with zero attached hydrogens (tertiary/aromatic N) is 1. The molecule has 9 nitrogen and oxygen atoms in total. The van der Waals surface area contributed by atoms with Crippen LogP contribution in [0.2, 0.25) is 0 Å². The normalized spacial score (nSPS) is 11.8. The third-order valence-electron chi connectivity index (χ3n) is 2.52. The number of carbonyl (C=O) groups excluding carboxylic acids is 2. The molecule has 0 aliphatic rings. The minimum atomic E-state index is -1.43. The number of carboxylic acids is 1. The van der Waals surface area contributed by atoms with E-state index in [1.165, 1.54) is 12.3 Å². The smallest absolute Gasteiger partial charge is 0.326 e. The summed E-state index contributed by atoms with van der Waals surface area (Å²) in [6.07, 6.45) is 0.898. The zero-order chi connectivity index (χ0) is 15.4. The molecule has 0 spiro atoms. The molecular weight excluding hydrogens is 282 g/mol. The second-order valence-electron chi connectivity index (χ2n) is 4.09. The van der Waals surface area contributed by atoms with Crippen LogP contribution < -0.4 is 11.1 Å². The van der Waals surface area contributed by atoms with Crippen LogP contribution in [0.4, 0.5) is 0 Å². The lowest BCUT2D eigenvalue weighted by atomic mass is 10.2. The molecule has 0 unspecified atom stereocenters. The van der Waals surface area contributed by atoms with Crippen LogP contribution in [0.25, 0.3) is 11.5 Å². The second-order valence-corrected chi connectivity index (χ2v) is 4.09. The quantitative estimate of drug-likeness (QED) is 0.678. The largest absolute Gasteiger partial charge is 0.480 e. The molecule has 21 heavy (non-hydrogen) atoms. The number of amides is 2. The molecular formula is C12H11N3O6. The van der Waals surface area contributed by atoms with E-state index in [9.17, 15) is 14.4 Å². The topological polar surface area (TPSA) is 149 Å². The molecule has 1 atom stereocenters. The number of hydrogen-bond acceptors (Lipinski definition) is 6. The number of nitrogens with one attached hydrogen (secondary N) is 1. The Morgan fingerprint density at radius 2 is 2.14 bits per heavy atom. The summed E-state index contributed by atoms with van der Waals surface area (Å²) < 4.78 is 9.97. The summed E-state index contributed by atoms with van der Waals surface area (Å²) >= 11 is 0. The van der Waals surface area contributed by atoms with Gasteiger partial charge in [-0.25, -0.2) is 4.79 Å². The maximum atomic E-state index is 11.8. The van der Waals surface area contributed by atoms with Gasteiger partial charge in [0.05, 0.1) is 12.7 Å². The average Bonchev–Trinajstić information content (AvgIpc) is 3.08. The molecule has 2 aromatic rings. The van der Waals surface area contributed by atoms with Crippen molar-refractivity contribution in [3.05, 3.63) is 30.2 Å². The molecule has 2 rings (SSSR count). The second kappa shape index (κ2) is 5.90. The van der Waals surface area contributed by atoms with E-state index in [4.69, 9.17) is 19.8 Å². The van der Waals surface area contributed by atoms with Gasteiger partial charge in [0.1, 0.15) is 6.04 Å². The lowest BCUT2D eigenvalue weighted by molar-refractivity contribution is -0.140. The Balaban J connectivity index is 2.09. The predicted octanol–water partition coefficient (Wildman–Crippen LogP) is -0.00700. The Hall–Kier alpha value is -3.10. The van der Waals surface area contributed by atoms with Crippen LogP contribution in [0.15, 0.2) is 33.4 Å². The number of nitrogens with two attached hydrogens (primary N) is 1. The number of hydrogen-bond donors (Lipinski definition) is 3. The molecule has 0 saturated heterocycles. The minimum Gasteiger partial charge on any atom is -0.480 e. The maximum absolute atomic E-state index is 11.8. The summed E-state index contributed by atoms with van der Waals surface area (Å²) in [5.41, 5.74) is 4.77. The average molecular weight is 293 g/mol. The zero-order valence-corrected chi connectivity index (χ0v) is 10.6. The van der Waals surface area contributed by atoms with Crippen molar-refractivity contribution in [2.45, 2.75) is 12.5 Å². The van der Waals surface area contributed by atoms with Crippen molar-refractivity contribution in [3.63, 3.8) is 0 Å². The Morgan fingerprint density at radius 3 is 2.71 bits per heavy atom. The summed E-state index contributed by atoms with van der Waals surface area (Å²) in [7, 11) is 0. The van der Waals surface area contributed by atoms with Crippen molar-refractivity contribution in [1.29, 1.82) is 0 Å². The van der Waals surface area contributed by atoms with Gasteiger partial charge in [0.2, 0.25) is 11.7 Å². The van der Waals surface area contributed by atoms with E-state index in [1.54, 1.807) is 12.1 Å². The first-order valence-corrected chi connectivity index (χ1v) is 5.80. The fraction of sp³-hybridized carbons (Fsp3) is 0.167. The van der Waals surface area contributed by atoms with Gasteiger partial charge in [-0.3, -0.25) is 9.59 Å². The van der Waals surface area contributed by atoms with Gasteiger partial charge in [-0.15, -0.1) is 0 Å². The molecule has 0 aliphatic heterocycles. The van der Waals surface area contributed by atoms with E-state index in [-0.39, 0.29) is 11.5 Å². The van der Waals surface area contributed by atoms with E-state index >= 15 is 0 Å². The Labute approximate surface area is 117 Å². The van der Waals surface area contributed by atoms with Crippen molar-refractivity contribution in [3.8, 4) is 11.5 Å². The van der Waals surface area contributed by atoms with Gasteiger partial charge in [0.25, 0.3) is 5.91 Å². The number of aliphatic carboxylic acids is 1. The first kappa shape index (κ1) is 14.3. The molecule has 0 saturated carbocycles. The minimum absolute atomic E-state index is 0.142. The van der Waals surface area contributed by atoms with Crippen LogP contribution in [-0.4, -0.2) is 34.1 Å². The third-order valence-corrected chi connectivity index (χ3v) is 2.52. The van der Waals surface area contributed by atoms with E-state index in [1.807, 2.05) is 0 Å². The summed E-state index contributed by atoms with van der Waals surface area (Å²) in [5, 5.41) is 14.5. The lowest BCUT2D eigenvalue weighted by Crippen LogP contribution is -2.43. The van der Waals surface area contributed by atoms with Crippen LogP contribution in [0, 0.1) is 0 Å². The zero-order valence-electron chi connectivity index (χ0n) is 10.6. The van der Waals surface area contributed by atoms with Crippen LogP contribution >= 0.6 is 0 Å². The Bertz CT molecular complexity index is 660. The molecule has 0 aliphatic carbocycles. The molecule has 0 aromatic carbocycles. The van der Waals surface area contributed by atoms with Gasteiger partial charge >= 0.3 is 5.97 Å². The van der Waals surface area contributed by atoms with Crippen LogP contribution in [0.3, 0.4) is 0 Å². The number of primary amides is 1. The number of rotatable bonds is 6. The van der Waals surface area contributed by atoms with E-state index in [2.05, 4.69) is 10.5 Å². The van der Waals surface area contributed by atoms with Crippen LogP contribution in [0.5, 0.6) is 0 Å². The molecule has 0 fully saturated rings. The fourth-order valence-electron chi connectivity index (χ4n) is 1.55. The fourth-order valence-corrected chi connectivity index (χ4v) is 1.55. The van der Waals surface area contributed by atoms with E-state index in [0.29, 0.717) is 5.76 Å². The highest BCUT2D eigenvalue weighted by Crippen LogP contribution is 2.20. The highest BCUT2D eigenvalue weighted by Gasteiger charge is 2.24. The van der Waals surface area contributed by atoms with Gasteiger partial charge in [-0.05, 0) is 12.1 Å². The molecule has 0 radical (unpaired) electrons. The van der Waals surface area contributed by atoms with Gasteiger partial charge in [-0.2, -0.15) is 0 Å². The van der Waals surface area contributed by atoms with Crippen LogP contribution in [0.1, 0.15) is 16.9 Å². The first-order chi connectivity index (χ1) is 9.97. The Morgan fingerprint density at radius 1 is 1.38 bits per heavy atom. The molecule has 110 valence electrons. The lowest BCUT2D eigenvalue weighted by Gasteiger charge is -2.10. The summed E-state index contributed by atoms with van der Waals surface area (Å²) in [4.78, 5) is 33.5. The van der Waals surface area contributed by atoms with E-state index < -0.39 is 30.2 Å². The highest BCUT2D eigenvalue weighted by atomic mass is 16.5. The SMILES string of the molecule is NC(=O)C[C@H](NC(=O)c1cc(-c2ccco2)on1)C(=O)O. The standard InChI is InChI=1S/C12H11N3O6/c13-10(16)5-7(12(18)19)14-11(17)6-4-9(21-15-6)8-2-1-3-20-8/h1-4,7H,5H2,(H2,13,16)(H,14,17)(H,18,19)/t7-/m0/s1. The molecule has 2 heterocycles. The van der Waals surface area contributed by atoms with Crippen molar-refractivity contribution < 1.29 is 28.4 Å². The van der Waals surface area contributed by atoms with Crippen molar-refractivity contribution in [1.82, 2.24) is 10.5 Å². The molecule has 4 N–H and O–H groups in total. The first-order valence-electron chi connectivity index (χ1n) is 5.80. The van der Waals surface area contributed by atoms with Gasteiger partial charge in [0.15, 0.2) is 11.5 Å². The van der Waals surface area contributed by atoms with Gasteiger partial charge in [-0.1, -0.05) is 5.16 Å². The monoisotopic (exact) mass is 293 g/mol. The van der Waals surface area contributed by atoms with E-state index in [0.717, 1.165) is 0 Å². The molecule has 2 aromatic heterocycles. The highest BCUT2D eigenvalue weighted by molar-refractivity contribution is 5.96. The predicted molar refractivity (Wildman–Crippen MR) is 66.9 cm³/mol. The summed E-state index contributed by atoms with van der Waals surface area (Å²) in [6.45, 7) is 0. The van der Waals surface area contributed by atoms with Crippen molar-refractivity contribution in [2.75, 3.05) is 0 Å². The maximum Gasteiger partial charge on any atom is 0.326 e. The number of furan rings is 1. The number of carboxylic acid groups (broad SMARTS) is 1. The number of aromatic nitrogens is 1. The van der Waals surface area contributed by atoms with Gasteiger partial charge < -0.3 is 25.1 Å². The summed E-state index contributed by atoms with van der Waals surface area (Å²) in [6, 6.07) is 3.09. The third kappa shape index (κ3) is 3.47.